The number of pyridine rings is 1. The zero-order valence-corrected chi connectivity index (χ0v) is 20.7. The summed E-state index contributed by atoms with van der Waals surface area (Å²) in [6.45, 7) is 4.83. The van der Waals surface area contributed by atoms with Gasteiger partial charge in [0.2, 0.25) is 0 Å². The zero-order chi connectivity index (χ0) is 25.1. The van der Waals surface area contributed by atoms with Crippen molar-refractivity contribution in [2.75, 3.05) is 36.0 Å². The smallest absolute Gasteiger partial charge is 0.323 e. The highest BCUT2D eigenvalue weighted by Gasteiger charge is 2.14. The van der Waals surface area contributed by atoms with Gasteiger partial charge in [0, 0.05) is 22.8 Å². The monoisotopic (exact) mass is 499 g/mol. The molecule has 2 aromatic carbocycles. The van der Waals surface area contributed by atoms with Gasteiger partial charge in [0.15, 0.2) is 0 Å². The lowest BCUT2D eigenvalue weighted by Gasteiger charge is -2.10. The van der Waals surface area contributed by atoms with Gasteiger partial charge in [-0.3, -0.25) is 4.90 Å². The number of amides is 2. The standard InChI is InChI=1S/C28H26FN5OS/c1-18-6-11-23(29)24(15-18)33-28(35)32-21-9-7-19(8-10-21)22-17-36-26-20(16-31-27(30)25(22)26)5-4-14-34-12-2-3-13-34/h6-11,15-17H,2-3,12-14H2,1H3,(H2,30,31)(H2,32,33,35). The Morgan fingerprint density at radius 1 is 1.17 bits per heavy atom. The molecule has 4 N–H and O–H groups in total. The number of nitrogen functional groups attached to an aromatic ring is 1. The second kappa shape index (κ2) is 10.4. The highest BCUT2D eigenvalue weighted by atomic mass is 32.1. The van der Waals surface area contributed by atoms with Crippen molar-refractivity contribution in [3.63, 3.8) is 0 Å². The fraction of sp³-hybridized carbons (Fsp3) is 0.214. The highest BCUT2D eigenvalue weighted by Crippen LogP contribution is 2.38. The molecule has 0 aliphatic carbocycles. The van der Waals surface area contributed by atoms with Crippen LogP contribution < -0.4 is 16.4 Å². The average Bonchev–Trinajstić information content (AvgIpc) is 3.54. The number of hydrogen-bond acceptors (Lipinski definition) is 5. The molecular weight excluding hydrogens is 473 g/mol. The predicted octanol–water partition coefficient (Wildman–Crippen LogP) is 6.08. The summed E-state index contributed by atoms with van der Waals surface area (Å²) in [6.07, 6.45) is 4.24. The molecule has 0 saturated carbocycles. The van der Waals surface area contributed by atoms with E-state index in [1.807, 2.05) is 19.1 Å². The summed E-state index contributed by atoms with van der Waals surface area (Å²) in [5, 5.41) is 8.24. The fourth-order valence-corrected chi connectivity index (χ4v) is 5.36. The maximum absolute atomic E-state index is 13.9. The van der Waals surface area contributed by atoms with Crippen molar-refractivity contribution in [2.45, 2.75) is 19.8 Å². The predicted molar refractivity (Wildman–Crippen MR) is 146 cm³/mol. The average molecular weight is 500 g/mol. The van der Waals surface area contributed by atoms with Gasteiger partial charge in [-0.15, -0.1) is 11.3 Å². The molecule has 3 heterocycles. The molecule has 2 amide bonds. The van der Waals surface area contributed by atoms with Crippen LogP contribution in [0.5, 0.6) is 0 Å². The Balaban J connectivity index is 1.33. The molecule has 0 unspecified atom stereocenters. The van der Waals surface area contributed by atoms with E-state index < -0.39 is 11.8 Å². The lowest BCUT2D eigenvalue weighted by Crippen LogP contribution is -2.20. The van der Waals surface area contributed by atoms with Gasteiger partial charge < -0.3 is 16.4 Å². The molecule has 0 atom stereocenters. The molecule has 1 aliphatic heterocycles. The van der Waals surface area contributed by atoms with Crippen LogP contribution in [0, 0.1) is 24.6 Å². The SMILES string of the molecule is Cc1ccc(F)c(NC(=O)Nc2ccc(-c3csc4c(C#CCN5CCCC5)cnc(N)c34)cc2)c1. The van der Waals surface area contributed by atoms with Crippen LogP contribution >= 0.6 is 11.3 Å². The summed E-state index contributed by atoms with van der Waals surface area (Å²) in [5.41, 5.74) is 10.7. The highest BCUT2D eigenvalue weighted by molar-refractivity contribution is 7.18. The number of halogens is 1. The first-order valence-corrected chi connectivity index (χ1v) is 12.7. The molecule has 6 nitrogen and oxygen atoms in total. The van der Waals surface area contributed by atoms with E-state index in [0.29, 0.717) is 11.5 Å². The number of benzene rings is 2. The van der Waals surface area contributed by atoms with E-state index in [4.69, 9.17) is 5.73 Å². The van der Waals surface area contributed by atoms with E-state index in [9.17, 15) is 9.18 Å². The lowest BCUT2D eigenvalue weighted by molar-refractivity contribution is 0.262. The Kier molecular flexibility index (Phi) is 6.85. The Morgan fingerprint density at radius 3 is 2.72 bits per heavy atom. The van der Waals surface area contributed by atoms with Crippen LogP contribution in [0.3, 0.4) is 0 Å². The second-order valence-electron chi connectivity index (χ2n) is 8.84. The molecule has 1 aliphatic rings. The van der Waals surface area contributed by atoms with Crippen molar-refractivity contribution in [1.29, 1.82) is 0 Å². The van der Waals surface area contributed by atoms with Crippen molar-refractivity contribution in [3.8, 4) is 23.0 Å². The molecule has 0 bridgehead atoms. The van der Waals surface area contributed by atoms with Crippen LogP contribution in [-0.4, -0.2) is 35.5 Å². The molecule has 36 heavy (non-hydrogen) atoms. The molecule has 2 aromatic heterocycles. The lowest BCUT2D eigenvalue weighted by atomic mass is 10.0. The van der Waals surface area contributed by atoms with Gasteiger partial charge in [-0.1, -0.05) is 30.0 Å². The molecule has 1 saturated heterocycles. The first-order chi connectivity index (χ1) is 17.5. The molecule has 0 radical (unpaired) electrons. The number of carbonyl (C=O) groups is 1. The van der Waals surface area contributed by atoms with Crippen molar-refractivity contribution < 1.29 is 9.18 Å². The molecule has 0 spiro atoms. The minimum atomic E-state index is -0.515. The van der Waals surface area contributed by atoms with Gasteiger partial charge in [0.1, 0.15) is 11.6 Å². The number of aryl methyl sites for hydroxylation is 1. The van der Waals surface area contributed by atoms with Crippen LogP contribution in [0.4, 0.5) is 26.4 Å². The summed E-state index contributed by atoms with van der Waals surface area (Å²) >= 11 is 1.60. The fourth-order valence-electron chi connectivity index (χ4n) is 4.31. The van der Waals surface area contributed by atoms with E-state index in [1.165, 1.54) is 18.9 Å². The second-order valence-corrected chi connectivity index (χ2v) is 9.72. The van der Waals surface area contributed by atoms with E-state index in [2.05, 4.69) is 37.7 Å². The molecule has 5 rings (SSSR count). The number of urea groups is 1. The largest absolute Gasteiger partial charge is 0.383 e. The minimum absolute atomic E-state index is 0.135. The van der Waals surface area contributed by atoms with E-state index in [0.717, 1.165) is 52.0 Å². The normalized spacial score (nSPS) is 13.4. The van der Waals surface area contributed by atoms with Gasteiger partial charge in [-0.05, 0) is 73.6 Å². The number of fused-ring (bicyclic) bond motifs is 1. The van der Waals surface area contributed by atoms with Crippen LogP contribution in [0.15, 0.2) is 54.0 Å². The molecular formula is C28H26FN5OS. The van der Waals surface area contributed by atoms with E-state index >= 15 is 0 Å². The third kappa shape index (κ3) is 5.18. The van der Waals surface area contributed by atoms with E-state index in [-0.39, 0.29) is 5.69 Å². The Hall–Kier alpha value is -3.93. The molecule has 8 heteroatoms. The third-order valence-corrected chi connectivity index (χ3v) is 7.19. The number of hydrogen-bond donors (Lipinski definition) is 3. The van der Waals surface area contributed by atoms with Gasteiger partial charge >= 0.3 is 6.03 Å². The van der Waals surface area contributed by atoms with Gasteiger partial charge in [0.25, 0.3) is 0 Å². The van der Waals surface area contributed by atoms with Crippen molar-refractivity contribution in [2.24, 2.45) is 0 Å². The number of nitrogens with two attached hydrogens (primary N) is 1. The van der Waals surface area contributed by atoms with Crippen LogP contribution in [0.2, 0.25) is 0 Å². The van der Waals surface area contributed by atoms with Gasteiger partial charge in [-0.2, -0.15) is 0 Å². The number of thiophene rings is 1. The molecule has 182 valence electrons. The zero-order valence-electron chi connectivity index (χ0n) is 19.9. The number of nitrogens with one attached hydrogen (secondary N) is 2. The van der Waals surface area contributed by atoms with Crippen LogP contribution in [0.25, 0.3) is 21.2 Å². The van der Waals surface area contributed by atoms with Crippen molar-refractivity contribution in [1.82, 2.24) is 9.88 Å². The number of rotatable bonds is 4. The summed E-state index contributed by atoms with van der Waals surface area (Å²) < 4.78 is 15.0. The molecule has 1 fully saturated rings. The van der Waals surface area contributed by atoms with Crippen LogP contribution in [-0.2, 0) is 0 Å². The van der Waals surface area contributed by atoms with Crippen molar-refractivity contribution in [3.05, 3.63) is 71.0 Å². The summed E-state index contributed by atoms with van der Waals surface area (Å²) in [4.78, 5) is 19.1. The Bertz CT molecular complexity index is 1480. The van der Waals surface area contributed by atoms with Gasteiger partial charge in [-0.25, -0.2) is 14.2 Å². The number of aromatic nitrogens is 1. The third-order valence-electron chi connectivity index (χ3n) is 6.17. The Morgan fingerprint density at radius 2 is 1.94 bits per heavy atom. The summed E-state index contributed by atoms with van der Waals surface area (Å²) in [5.74, 6) is 6.55. The minimum Gasteiger partial charge on any atom is -0.383 e. The number of nitrogens with zero attached hydrogens (tertiary/aromatic N) is 2. The first kappa shape index (κ1) is 23.8. The summed E-state index contributed by atoms with van der Waals surface area (Å²) in [6, 6.07) is 11.5. The van der Waals surface area contributed by atoms with E-state index in [1.54, 1.807) is 41.8 Å². The summed E-state index contributed by atoms with van der Waals surface area (Å²) in [7, 11) is 0. The number of carbonyl (C=O) groups excluding carboxylic acids is 1. The van der Waals surface area contributed by atoms with Crippen molar-refractivity contribution >= 4 is 44.6 Å². The number of anilines is 3. The number of likely N-dealkylation sites (tertiary alicyclic amines) is 1. The first-order valence-electron chi connectivity index (χ1n) is 11.8. The Labute approximate surface area is 213 Å². The maximum atomic E-state index is 13.9. The van der Waals surface area contributed by atoms with Gasteiger partial charge in [0.05, 0.1) is 22.5 Å². The quantitative estimate of drug-likeness (QED) is 0.297. The topological polar surface area (TPSA) is 83.3 Å². The molecule has 4 aromatic rings. The van der Waals surface area contributed by atoms with Crippen LogP contribution in [0.1, 0.15) is 24.0 Å². The maximum Gasteiger partial charge on any atom is 0.323 e.